The van der Waals surface area contributed by atoms with E-state index in [1.165, 1.54) is 29.2 Å². The normalized spacial score (nSPS) is 13.6. The maximum Gasteiger partial charge on any atom is 0.244 e. The average molecular weight is 309 g/mol. The van der Waals surface area contributed by atoms with Crippen molar-refractivity contribution < 1.29 is 14.0 Å². The van der Waals surface area contributed by atoms with E-state index in [1.807, 2.05) is 13.8 Å². The number of carbonyl (C=O) groups is 2. The highest BCUT2D eigenvalue weighted by Gasteiger charge is 2.26. The number of nitrogens with one attached hydrogen (secondary N) is 1. The van der Waals surface area contributed by atoms with Crippen molar-refractivity contribution >= 4 is 17.5 Å². The Labute approximate surface area is 130 Å². The highest BCUT2D eigenvalue weighted by atomic mass is 19.1. The van der Waals surface area contributed by atoms with E-state index in [1.54, 1.807) is 13.8 Å². The van der Waals surface area contributed by atoms with E-state index in [4.69, 9.17) is 5.73 Å². The maximum absolute atomic E-state index is 12.8. The van der Waals surface area contributed by atoms with Crippen molar-refractivity contribution in [3.63, 3.8) is 0 Å². The maximum atomic E-state index is 12.8. The van der Waals surface area contributed by atoms with Crippen LogP contribution < -0.4 is 11.1 Å². The SMILES string of the molecule is CC(N)C(C)C(=O)N(CC(=O)Nc1ccc(F)cc1)C(C)C. The summed E-state index contributed by atoms with van der Waals surface area (Å²) in [6, 6.07) is 5.07. The molecule has 22 heavy (non-hydrogen) atoms. The van der Waals surface area contributed by atoms with Crippen molar-refractivity contribution in [3.05, 3.63) is 30.1 Å². The molecule has 0 heterocycles. The second-order valence-corrected chi connectivity index (χ2v) is 5.76. The van der Waals surface area contributed by atoms with E-state index in [0.29, 0.717) is 5.69 Å². The predicted octanol–water partition coefficient (Wildman–Crippen LogP) is 1.98. The molecule has 1 aromatic carbocycles. The van der Waals surface area contributed by atoms with Gasteiger partial charge in [-0.15, -0.1) is 0 Å². The van der Waals surface area contributed by atoms with E-state index < -0.39 is 0 Å². The summed E-state index contributed by atoms with van der Waals surface area (Å²) in [5.74, 6) is -1.21. The summed E-state index contributed by atoms with van der Waals surface area (Å²) in [5.41, 5.74) is 6.25. The van der Waals surface area contributed by atoms with Crippen molar-refractivity contribution in [2.75, 3.05) is 11.9 Å². The molecule has 0 aliphatic carbocycles. The lowest BCUT2D eigenvalue weighted by molar-refractivity contribution is -0.140. The summed E-state index contributed by atoms with van der Waals surface area (Å²) >= 11 is 0. The van der Waals surface area contributed by atoms with Crippen LogP contribution in [-0.2, 0) is 9.59 Å². The lowest BCUT2D eigenvalue weighted by Gasteiger charge is -2.30. The van der Waals surface area contributed by atoms with Crippen LogP contribution >= 0.6 is 0 Å². The van der Waals surface area contributed by atoms with Crippen molar-refractivity contribution in [1.29, 1.82) is 0 Å². The van der Waals surface area contributed by atoms with Gasteiger partial charge in [0.25, 0.3) is 0 Å². The zero-order valence-corrected chi connectivity index (χ0v) is 13.5. The minimum atomic E-state index is -0.372. The first-order valence-electron chi connectivity index (χ1n) is 7.33. The molecule has 0 aromatic heterocycles. The average Bonchev–Trinajstić information content (AvgIpc) is 2.45. The zero-order valence-electron chi connectivity index (χ0n) is 13.5. The van der Waals surface area contributed by atoms with E-state index >= 15 is 0 Å². The molecule has 0 saturated heterocycles. The highest BCUT2D eigenvalue weighted by Crippen LogP contribution is 2.12. The fourth-order valence-electron chi connectivity index (χ4n) is 1.89. The second kappa shape index (κ2) is 7.89. The van der Waals surface area contributed by atoms with Crippen molar-refractivity contribution in [2.45, 2.75) is 39.8 Å². The number of halogens is 1. The van der Waals surface area contributed by atoms with Gasteiger partial charge in [-0.25, -0.2) is 4.39 Å². The summed E-state index contributed by atoms with van der Waals surface area (Å²) in [4.78, 5) is 25.9. The molecule has 0 aliphatic rings. The Morgan fingerprint density at radius 1 is 1.18 bits per heavy atom. The lowest BCUT2D eigenvalue weighted by Crippen LogP contribution is -2.48. The van der Waals surface area contributed by atoms with Crippen LogP contribution in [0.5, 0.6) is 0 Å². The number of rotatable bonds is 6. The standard InChI is InChI=1S/C16H24FN3O2/c1-10(2)20(16(22)11(3)12(4)18)9-15(21)19-14-7-5-13(17)6-8-14/h5-8,10-12H,9,18H2,1-4H3,(H,19,21). The number of benzene rings is 1. The first-order chi connectivity index (χ1) is 10.2. The number of amides is 2. The van der Waals surface area contributed by atoms with Gasteiger partial charge in [-0.1, -0.05) is 6.92 Å². The van der Waals surface area contributed by atoms with Gasteiger partial charge in [-0.2, -0.15) is 0 Å². The second-order valence-electron chi connectivity index (χ2n) is 5.76. The molecule has 2 atom stereocenters. The molecule has 0 radical (unpaired) electrons. The van der Waals surface area contributed by atoms with Crippen molar-refractivity contribution in [3.8, 4) is 0 Å². The molecule has 122 valence electrons. The third-order valence-electron chi connectivity index (χ3n) is 3.53. The van der Waals surface area contributed by atoms with Gasteiger partial charge in [0.05, 0.1) is 5.92 Å². The predicted molar refractivity (Wildman–Crippen MR) is 84.7 cm³/mol. The third-order valence-corrected chi connectivity index (χ3v) is 3.53. The van der Waals surface area contributed by atoms with Gasteiger partial charge in [-0.3, -0.25) is 9.59 Å². The molecular weight excluding hydrogens is 285 g/mol. The fourth-order valence-corrected chi connectivity index (χ4v) is 1.89. The number of hydrogen-bond acceptors (Lipinski definition) is 3. The van der Waals surface area contributed by atoms with E-state index in [9.17, 15) is 14.0 Å². The molecule has 1 rings (SSSR count). The van der Waals surface area contributed by atoms with Crippen LogP contribution in [0.1, 0.15) is 27.7 Å². The smallest absolute Gasteiger partial charge is 0.244 e. The minimum Gasteiger partial charge on any atom is -0.331 e. The van der Waals surface area contributed by atoms with Crippen molar-refractivity contribution in [2.24, 2.45) is 11.7 Å². The van der Waals surface area contributed by atoms with Crippen LogP contribution in [0, 0.1) is 11.7 Å². The number of nitrogens with two attached hydrogens (primary N) is 1. The van der Waals surface area contributed by atoms with Crippen molar-refractivity contribution in [1.82, 2.24) is 4.90 Å². The summed E-state index contributed by atoms with van der Waals surface area (Å²) in [5, 5.41) is 2.65. The Morgan fingerprint density at radius 3 is 2.18 bits per heavy atom. The van der Waals surface area contributed by atoms with E-state index in [2.05, 4.69) is 5.32 Å². The quantitative estimate of drug-likeness (QED) is 0.844. The monoisotopic (exact) mass is 309 g/mol. The molecule has 0 spiro atoms. The molecule has 3 N–H and O–H groups in total. The Morgan fingerprint density at radius 2 is 1.73 bits per heavy atom. The first kappa shape index (κ1) is 18.1. The molecule has 6 heteroatoms. The van der Waals surface area contributed by atoms with Gasteiger partial charge in [0, 0.05) is 17.8 Å². The largest absolute Gasteiger partial charge is 0.331 e. The van der Waals surface area contributed by atoms with Gasteiger partial charge in [0.15, 0.2) is 0 Å². The summed E-state index contributed by atoms with van der Waals surface area (Å²) < 4.78 is 12.8. The zero-order chi connectivity index (χ0) is 16.9. The third kappa shape index (κ3) is 5.11. The number of hydrogen-bond donors (Lipinski definition) is 2. The summed E-state index contributed by atoms with van der Waals surface area (Å²) in [6.45, 7) is 7.14. The number of carbonyl (C=O) groups excluding carboxylic acids is 2. The first-order valence-corrected chi connectivity index (χ1v) is 7.33. The number of anilines is 1. The van der Waals surface area contributed by atoms with Crippen LogP contribution in [0.15, 0.2) is 24.3 Å². The summed E-state index contributed by atoms with van der Waals surface area (Å²) in [7, 11) is 0. The molecular formula is C16H24FN3O2. The Hall–Kier alpha value is -1.95. The van der Waals surface area contributed by atoms with Gasteiger partial charge in [0.1, 0.15) is 12.4 Å². The van der Waals surface area contributed by atoms with Gasteiger partial charge in [-0.05, 0) is 45.0 Å². The van der Waals surface area contributed by atoms with Gasteiger partial charge in [0.2, 0.25) is 11.8 Å². The highest BCUT2D eigenvalue weighted by molar-refractivity contribution is 5.94. The topological polar surface area (TPSA) is 75.4 Å². The molecule has 2 amide bonds. The molecule has 2 unspecified atom stereocenters. The molecule has 0 saturated carbocycles. The van der Waals surface area contributed by atoms with Gasteiger partial charge >= 0.3 is 0 Å². The van der Waals surface area contributed by atoms with Crippen LogP contribution in [-0.4, -0.2) is 35.3 Å². The lowest BCUT2D eigenvalue weighted by atomic mass is 10.0. The minimum absolute atomic E-state index is 0.0645. The number of nitrogens with zero attached hydrogens (tertiary/aromatic N) is 1. The Balaban J connectivity index is 2.72. The van der Waals surface area contributed by atoms with Crippen LogP contribution in [0.3, 0.4) is 0 Å². The molecule has 0 bridgehead atoms. The van der Waals surface area contributed by atoms with E-state index in [0.717, 1.165) is 0 Å². The Bertz CT molecular complexity index is 515. The van der Waals surface area contributed by atoms with Crippen LogP contribution in [0.25, 0.3) is 0 Å². The Kier molecular flexibility index (Phi) is 6.49. The summed E-state index contributed by atoms with van der Waals surface area (Å²) in [6.07, 6.45) is 0. The molecule has 5 nitrogen and oxygen atoms in total. The van der Waals surface area contributed by atoms with E-state index in [-0.39, 0.29) is 42.2 Å². The fraction of sp³-hybridized carbons (Fsp3) is 0.500. The molecule has 1 aromatic rings. The molecule has 0 aliphatic heterocycles. The van der Waals surface area contributed by atoms with Crippen LogP contribution in [0.4, 0.5) is 10.1 Å². The molecule has 0 fully saturated rings. The van der Waals surface area contributed by atoms with Crippen LogP contribution in [0.2, 0.25) is 0 Å². The van der Waals surface area contributed by atoms with Gasteiger partial charge < -0.3 is 16.0 Å².